The smallest absolute Gasteiger partial charge is 0.241 e. The van der Waals surface area contributed by atoms with Crippen LogP contribution < -0.4 is 9.47 Å². The van der Waals surface area contributed by atoms with E-state index in [1.807, 2.05) is 46.7 Å². The van der Waals surface area contributed by atoms with Gasteiger partial charge >= 0.3 is 0 Å². The maximum Gasteiger partial charge on any atom is 0.241 e. The zero-order valence-corrected chi connectivity index (χ0v) is 17.6. The van der Waals surface area contributed by atoms with E-state index in [1.54, 1.807) is 18.4 Å². The van der Waals surface area contributed by atoms with E-state index in [0.29, 0.717) is 55.9 Å². The van der Waals surface area contributed by atoms with Crippen molar-refractivity contribution in [2.24, 2.45) is 0 Å². The van der Waals surface area contributed by atoms with Crippen LogP contribution in [-0.4, -0.2) is 65.7 Å². The minimum absolute atomic E-state index is 0.0994. The Labute approximate surface area is 179 Å². The number of methoxy groups -OCH3 is 1. The number of benzene rings is 1. The number of hydrogen-bond donors (Lipinski definition) is 0. The van der Waals surface area contributed by atoms with E-state index in [2.05, 4.69) is 15.0 Å². The summed E-state index contributed by atoms with van der Waals surface area (Å²) in [6, 6.07) is 11.4. The predicted molar refractivity (Wildman–Crippen MR) is 113 cm³/mol. The van der Waals surface area contributed by atoms with Crippen molar-refractivity contribution in [2.45, 2.75) is 13.0 Å². The summed E-state index contributed by atoms with van der Waals surface area (Å²) in [5.41, 5.74) is 0. The van der Waals surface area contributed by atoms with Crippen molar-refractivity contribution in [2.75, 3.05) is 39.9 Å². The van der Waals surface area contributed by atoms with Gasteiger partial charge in [-0.2, -0.15) is 4.98 Å². The van der Waals surface area contributed by atoms with Crippen molar-refractivity contribution in [3.63, 3.8) is 0 Å². The fraction of sp³-hybridized carbons (Fsp3) is 0.381. The zero-order valence-electron chi connectivity index (χ0n) is 16.8. The first-order valence-corrected chi connectivity index (χ1v) is 10.7. The summed E-state index contributed by atoms with van der Waals surface area (Å²) in [6.07, 6.45) is 0.339. The molecular weight excluding hydrogens is 404 g/mol. The zero-order chi connectivity index (χ0) is 20.8. The lowest BCUT2D eigenvalue weighted by Gasteiger charge is -2.34. The number of piperazine rings is 1. The van der Waals surface area contributed by atoms with Crippen LogP contribution in [0.3, 0.4) is 0 Å². The van der Waals surface area contributed by atoms with Crippen LogP contribution in [0.2, 0.25) is 0 Å². The van der Waals surface area contributed by atoms with Gasteiger partial charge in [-0.25, -0.2) is 0 Å². The van der Waals surface area contributed by atoms with Crippen molar-refractivity contribution in [3.05, 3.63) is 47.7 Å². The summed E-state index contributed by atoms with van der Waals surface area (Å²) < 4.78 is 16.3. The van der Waals surface area contributed by atoms with E-state index in [1.165, 1.54) is 0 Å². The van der Waals surface area contributed by atoms with Gasteiger partial charge in [-0.1, -0.05) is 23.4 Å². The normalized spacial score (nSPS) is 14.6. The molecule has 0 spiro atoms. The third-order valence-electron chi connectivity index (χ3n) is 4.94. The highest BCUT2D eigenvalue weighted by atomic mass is 32.1. The highest BCUT2D eigenvalue weighted by Crippen LogP contribution is 2.26. The molecule has 1 aliphatic rings. The first-order valence-electron chi connectivity index (χ1n) is 9.85. The van der Waals surface area contributed by atoms with Crippen LogP contribution in [0, 0.1) is 0 Å². The Morgan fingerprint density at radius 1 is 1.13 bits per heavy atom. The second kappa shape index (κ2) is 9.73. The van der Waals surface area contributed by atoms with Crippen molar-refractivity contribution in [3.8, 4) is 22.2 Å². The minimum atomic E-state index is 0.0994. The van der Waals surface area contributed by atoms with E-state index < -0.39 is 0 Å². The monoisotopic (exact) mass is 428 g/mol. The molecule has 0 atom stereocenters. The molecular formula is C21H24N4O4S. The number of carbonyl (C=O) groups excluding carboxylic acids is 1. The van der Waals surface area contributed by atoms with Crippen LogP contribution in [0.1, 0.15) is 12.3 Å². The summed E-state index contributed by atoms with van der Waals surface area (Å²) in [6.45, 7) is 3.83. The molecule has 1 aromatic carbocycles. The lowest BCUT2D eigenvalue weighted by molar-refractivity contribution is -0.133. The summed E-state index contributed by atoms with van der Waals surface area (Å²) in [7, 11) is 1.60. The maximum atomic E-state index is 12.5. The third kappa shape index (κ3) is 4.98. The van der Waals surface area contributed by atoms with E-state index in [-0.39, 0.29) is 5.91 Å². The summed E-state index contributed by atoms with van der Waals surface area (Å²) >= 11 is 1.59. The lowest BCUT2D eigenvalue weighted by atomic mass is 10.2. The Morgan fingerprint density at radius 3 is 2.67 bits per heavy atom. The molecule has 9 heteroatoms. The molecule has 0 N–H and O–H groups in total. The van der Waals surface area contributed by atoms with Crippen LogP contribution >= 0.6 is 11.3 Å². The number of para-hydroxylation sites is 2. The van der Waals surface area contributed by atoms with Crippen molar-refractivity contribution in [1.82, 2.24) is 19.9 Å². The fourth-order valence-electron chi connectivity index (χ4n) is 3.32. The number of ether oxygens (including phenoxy) is 2. The fourth-order valence-corrected chi connectivity index (χ4v) is 3.97. The largest absolute Gasteiger partial charge is 0.493 e. The van der Waals surface area contributed by atoms with Gasteiger partial charge in [0.25, 0.3) is 0 Å². The quantitative estimate of drug-likeness (QED) is 0.546. The molecule has 0 radical (unpaired) electrons. The minimum Gasteiger partial charge on any atom is -0.493 e. The van der Waals surface area contributed by atoms with Gasteiger partial charge in [0.1, 0.15) is 0 Å². The first kappa shape index (κ1) is 20.4. The Morgan fingerprint density at radius 2 is 1.93 bits per heavy atom. The molecule has 1 saturated heterocycles. The molecule has 0 unspecified atom stereocenters. The average molecular weight is 429 g/mol. The molecule has 30 heavy (non-hydrogen) atoms. The molecule has 2 aromatic heterocycles. The molecule has 1 aliphatic heterocycles. The maximum absolute atomic E-state index is 12.5. The van der Waals surface area contributed by atoms with Gasteiger partial charge in [0.05, 0.1) is 31.6 Å². The van der Waals surface area contributed by atoms with Gasteiger partial charge in [0.15, 0.2) is 11.5 Å². The highest BCUT2D eigenvalue weighted by Gasteiger charge is 2.22. The molecule has 3 heterocycles. The van der Waals surface area contributed by atoms with Crippen molar-refractivity contribution < 1.29 is 18.8 Å². The molecule has 158 valence electrons. The van der Waals surface area contributed by atoms with Crippen LogP contribution in [0.25, 0.3) is 10.7 Å². The summed E-state index contributed by atoms with van der Waals surface area (Å²) in [5.74, 6) is 2.65. The number of carbonyl (C=O) groups is 1. The molecule has 0 aliphatic carbocycles. The molecule has 0 saturated carbocycles. The number of thiophene rings is 1. The molecule has 4 rings (SSSR count). The van der Waals surface area contributed by atoms with Crippen molar-refractivity contribution >= 4 is 17.2 Å². The van der Waals surface area contributed by atoms with Gasteiger partial charge in [-0.3, -0.25) is 9.69 Å². The van der Waals surface area contributed by atoms with Crippen LogP contribution in [0.15, 0.2) is 46.3 Å². The molecule has 1 fully saturated rings. The van der Waals surface area contributed by atoms with E-state index >= 15 is 0 Å². The van der Waals surface area contributed by atoms with E-state index in [9.17, 15) is 4.79 Å². The van der Waals surface area contributed by atoms with Crippen molar-refractivity contribution in [1.29, 1.82) is 0 Å². The standard InChI is InChI=1S/C21H24N4O4S/c1-27-16-5-2-3-6-17(16)28-13-8-20(26)25-11-9-24(10-12-25)15-19-22-21(23-29-19)18-7-4-14-30-18/h2-7,14H,8-13,15H2,1H3. The molecule has 1 amide bonds. The Bertz CT molecular complexity index is 952. The Balaban J connectivity index is 1.20. The number of hydrogen-bond acceptors (Lipinski definition) is 8. The van der Waals surface area contributed by atoms with E-state index in [0.717, 1.165) is 18.0 Å². The lowest BCUT2D eigenvalue weighted by Crippen LogP contribution is -2.48. The second-order valence-corrected chi connectivity index (χ2v) is 7.84. The molecule has 0 bridgehead atoms. The number of nitrogens with zero attached hydrogens (tertiary/aromatic N) is 4. The van der Waals surface area contributed by atoms with Crippen LogP contribution in [0.4, 0.5) is 0 Å². The van der Waals surface area contributed by atoms with Gasteiger partial charge in [0, 0.05) is 26.2 Å². The Hall–Kier alpha value is -2.91. The molecule has 3 aromatic rings. The third-order valence-corrected chi connectivity index (χ3v) is 5.80. The SMILES string of the molecule is COc1ccccc1OCCC(=O)N1CCN(Cc2nc(-c3cccs3)no2)CC1. The van der Waals surface area contributed by atoms with Crippen LogP contribution in [0.5, 0.6) is 11.5 Å². The van der Waals surface area contributed by atoms with Gasteiger partial charge in [-0.05, 0) is 23.6 Å². The number of aromatic nitrogens is 2. The van der Waals surface area contributed by atoms with Gasteiger partial charge in [0.2, 0.25) is 17.6 Å². The highest BCUT2D eigenvalue weighted by molar-refractivity contribution is 7.13. The van der Waals surface area contributed by atoms with Crippen LogP contribution in [-0.2, 0) is 11.3 Å². The average Bonchev–Trinajstić information content (AvgIpc) is 3.46. The van der Waals surface area contributed by atoms with Gasteiger partial charge < -0.3 is 18.9 Å². The molecule has 8 nitrogen and oxygen atoms in total. The number of rotatable bonds is 8. The Kier molecular flexibility index (Phi) is 6.60. The van der Waals surface area contributed by atoms with Gasteiger partial charge in [-0.15, -0.1) is 11.3 Å². The summed E-state index contributed by atoms with van der Waals surface area (Å²) in [4.78, 5) is 22.1. The first-order chi connectivity index (χ1) is 14.7. The predicted octanol–water partition coefficient (Wildman–Crippen LogP) is 2.92. The topological polar surface area (TPSA) is 80.9 Å². The van der Waals surface area contributed by atoms with E-state index in [4.69, 9.17) is 14.0 Å². The second-order valence-electron chi connectivity index (χ2n) is 6.90. The summed E-state index contributed by atoms with van der Waals surface area (Å²) in [5, 5.41) is 6.04. The number of amides is 1.